The van der Waals surface area contributed by atoms with Gasteiger partial charge in [0.2, 0.25) is 0 Å². The second-order valence-electron chi connectivity index (χ2n) is 6.21. The summed E-state index contributed by atoms with van der Waals surface area (Å²) in [5, 5.41) is 10.7. The van der Waals surface area contributed by atoms with Crippen LogP contribution in [0.2, 0.25) is 0 Å². The van der Waals surface area contributed by atoms with E-state index in [9.17, 15) is 0 Å². The number of fused-ring (bicyclic) bond motifs is 4. The van der Waals surface area contributed by atoms with Crippen LogP contribution in [-0.2, 0) is 0 Å². The first kappa shape index (κ1) is 12.0. The second kappa shape index (κ2) is 4.45. The van der Waals surface area contributed by atoms with Crippen LogP contribution >= 0.6 is 0 Å². The van der Waals surface area contributed by atoms with Gasteiger partial charge in [0.05, 0.1) is 0 Å². The van der Waals surface area contributed by atoms with Crippen LogP contribution in [0.4, 0.5) is 0 Å². The van der Waals surface area contributed by atoms with E-state index in [2.05, 4.69) is 72.8 Å². The van der Waals surface area contributed by atoms with Crippen molar-refractivity contribution < 1.29 is 0 Å². The van der Waals surface area contributed by atoms with E-state index in [1.165, 1.54) is 42.8 Å². The molecule has 0 aromatic heterocycles. The minimum atomic E-state index is 1.16. The summed E-state index contributed by atoms with van der Waals surface area (Å²) in [6.45, 7) is 0. The first-order valence-corrected chi connectivity index (χ1v) is 7.94. The van der Waals surface area contributed by atoms with Crippen LogP contribution < -0.4 is 10.4 Å². The summed E-state index contributed by atoms with van der Waals surface area (Å²) < 4.78 is 0. The van der Waals surface area contributed by atoms with Crippen LogP contribution in [0.3, 0.4) is 0 Å². The first-order chi connectivity index (χ1) is 10.9. The van der Waals surface area contributed by atoms with Gasteiger partial charge in [-0.05, 0) is 92.0 Å². The molecule has 0 fully saturated rings. The van der Waals surface area contributed by atoms with Crippen LogP contribution in [0.5, 0.6) is 0 Å². The van der Waals surface area contributed by atoms with Crippen LogP contribution in [0.25, 0.3) is 44.5 Å². The third-order valence-corrected chi connectivity index (χ3v) is 4.76. The monoisotopic (exact) mass is 280 g/mol. The molecule has 0 heterocycles. The quantitative estimate of drug-likeness (QED) is 0.416. The maximum Gasteiger partial charge on any atom is -0.0171 e. The fourth-order valence-corrected chi connectivity index (χ4v) is 3.61. The lowest BCUT2D eigenvalue weighted by atomic mass is 9.97. The standard InChI is InChI=1S/C22H16/c1-2-6-16-10-20-14-22-12-18-8-4-3-7-17(18)11-21(22)13-19(20)9-15(16)5-1/h1-2,5-14H,3-4H2. The number of benzene rings is 4. The second-order valence-corrected chi connectivity index (χ2v) is 6.21. The minimum absolute atomic E-state index is 1.16. The minimum Gasteiger partial charge on any atom is -0.0763 e. The molecule has 0 amide bonds. The summed E-state index contributed by atoms with van der Waals surface area (Å²) in [5.41, 5.74) is 0. The fourth-order valence-electron chi connectivity index (χ4n) is 3.61. The van der Waals surface area contributed by atoms with Gasteiger partial charge in [0.25, 0.3) is 0 Å². The molecule has 0 atom stereocenters. The molecule has 0 heteroatoms. The third-order valence-electron chi connectivity index (χ3n) is 4.76. The van der Waals surface area contributed by atoms with Crippen LogP contribution in [-0.4, -0.2) is 0 Å². The van der Waals surface area contributed by atoms with Crippen LogP contribution in [0, 0.1) is 0 Å². The number of hydrogen-bond acceptors (Lipinski definition) is 0. The maximum absolute atomic E-state index is 2.36. The number of hydrogen-bond donors (Lipinski definition) is 0. The van der Waals surface area contributed by atoms with E-state index < -0.39 is 0 Å². The molecule has 0 nitrogen and oxygen atoms in total. The smallest absolute Gasteiger partial charge is 0.0171 e. The Kier molecular flexibility index (Phi) is 2.42. The van der Waals surface area contributed by atoms with Crippen molar-refractivity contribution in [2.45, 2.75) is 12.8 Å². The van der Waals surface area contributed by atoms with Crippen molar-refractivity contribution in [2.24, 2.45) is 0 Å². The van der Waals surface area contributed by atoms with Crippen molar-refractivity contribution in [1.82, 2.24) is 0 Å². The molecule has 0 unspecified atom stereocenters. The molecule has 0 spiro atoms. The topological polar surface area (TPSA) is 0 Å². The molecule has 22 heavy (non-hydrogen) atoms. The van der Waals surface area contributed by atoms with Crippen molar-refractivity contribution in [2.75, 3.05) is 0 Å². The van der Waals surface area contributed by atoms with Gasteiger partial charge in [-0.15, -0.1) is 0 Å². The zero-order valence-electron chi connectivity index (χ0n) is 12.3. The van der Waals surface area contributed by atoms with E-state index in [1.807, 2.05) is 0 Å². The maximum atomic E-state index is 2.36. The Labute approximate surface area is 129 Å². The Morgan fingerprint density at radius 3 is 1.36 bits per heavy atom. The van der Waals surface area contributed by atoms with Crippen molar-refractivity contribution in [3.05, 3.63) is 71.1 Å². The largest absolute Gasteiger partial charge is 0.0763 e. The van der Waals surface area contributed by atoms with Gasteiger partial charge < -0.3 is 0 Å². The molecule has 0 saturated carbocycles. The average molecular weight is 280 g/mol. The highest BCUT2D eigenvalue weighted by Crippen LogP contribution is 2.26. The molecule has 104 valence electrons. The normalized spacial score (nSPS) is 13.8. The SMILES string of the molecule is C1=c2cc3cc4cc5ccccc5cc4cc3cc2=CCC1. The van der Waals surface area contributed by atoms with Gasteiger partial charge in [-0.25, -0.2) is 0 Å². The highest BCUT2D eigenvalue weighted by atomic mass is 14.1. The fraction of sp³-hybridized carbons (Fsp3) is 0.0909. The van der Waals surface area contributed by atoms with Crippen molar-refractivity contribution in [3.63, 3.8) is 0 Å². The average Bonchev–Trinajstić information content (AvgIpc) is 2.56. The van der Waals surface area contributed by atoms with Crippen LogP contribution in [0.15, 0.2) is 60.7 Å². The van der Waals surface area contributed by atoms with Crippen molar-refractivity contribution >= 4 is 44.5 Å². The van der Waals surface area contributed by atoms with Crippen molar-refractivity contribution in [3.8, 4) is 0 Å². The highest BCUT2D eigenvalue weighted by Gasteiger charge is 2.02. The molecule has 4 aromatic rings. The number of rotatable bonds is 0. The van der Waals surface area contributed by atoms with E-state index in [0.29, 0.717) is 0 Å². The van der Waals surface area contributed by atoms with E-state index >= 15 is 0 Å². The molecule has 0 aliphatic heterocycles. The van der Waals surface area contributed by atoms with Gasteiger partial charge in [-0.3, -0.25) is 0 Å². The predicted molar refractivity (Wildman–Crippen MR) is 96.4 cm³/mol. The Bertz CT molecular complexity index is 1070. The van der Waals surface area contributed by atoms with Crippen molar-refractivity contribution in [1.29, 1.82) is 0 Å². The van der Waals surface area contributed by atoms with Gasteiger partial charge in [-0.2, -0.15) is 0 Å². The Hall–Kier alpha value is -2.60. The van der Waals surface area contributed by atoms with Gasteiger partial charge in [-0.1, -0.05) is 36.4 Å². The molecule has 0 saturated heterocycles. The van der Waals surface area contributed by atoms with Gasteiger partial charge >= 0.3 is 0 Å². The zero-order valence-corrected chi connectivity index (χ0v) is 12.3. The Balaban J connectivity index is 1.93. The molecule has 4 aromatic carbocycles. The van der Waals surface area contributed by atoms with Gasteiger partial charge in [0.15, 0.2) is 0 Å². The molecular weight excluding hydrogens is 264 g/mol. The molecule has 1 aliphatic rings. The lowest BCUT2D eigenvalue weighted by molar-refractivity contribution is 1.12. The summed E-state index contributed by atoms with van der Waals surface area (Å²) >= 11 is 0. The van der Waals surface area contributed by atoms with E-state index in [0.717, 1.165) is 12.8 Å². The Morgan fingerprint density at radius 1 is 0.455 bits per heavy atom. The highest BCUT2D eigenvalue weighted by molar-refractivity contribution is 6.04. The van der Waals surface area contributed by atoms with Crippen LogP contribution in [0.1, 0.15) is 12.8 Å². The van der Waals surface area contributed by atoms with E-state index in [1.54, 1.807) is 0 Å². The summed E-state index contributed by atoms with van der Waals surface area (Å²) in [5.74, 6) is 0. The summed E-state index contributed by atoms with van der Waals surface area (Å²) in [6, 6.07) is 22.6. The summed E-state index contributed by atoms with van der Waals surface area (Å²) in [6.07, 6.45) is 7.05. The molecule has 5 rings (SSSR count). The first-order valence-electron chi connectivity index (χ1n) is 7.94. The zero-order chi connectivity index (χ0) is 14.5. The van der Waals surface area contributed by atoms with E-state index in [-0.39, 0.29) is 0 Å². The molecule has 0 radical (unpaired) electrons. The molecular formula is C22H16. The predicted octanol–water partition coefficient (Wildman–Crippen LogP) is 4.50. The van der Waals surface area contributed by atoms with Gasteiger partial charge in [0.1, 0.15) is 0 Å². The summed E-state index contributed by atoms with van der Waals surface area (Å²) in [7, 11) is 0. The summed E-state index contributed by atoms with van der Waals surface area (Å²) in [4.78, 5) is 0. The lowest BCUT2D eigenvalue weighted by Crippen LogP contribution is -2.26. The molecule has 0 bridgehead atoms. The Morgan fingerprint density at radius 2 is 0.864 bits per heavy atom. The molecule has 0 N–H and O–H groups in total. The van der Waals surface area contributed by atoms with E-state index in [4.69, 9.17) is 0 Å². The third kappa shape index (κ3) is 1.77. The van der Waals surface area contributed by atoms with Gasteiger partial charge in [0, 0.05) is 0 Å². The lowest BCUT2D eigenvalue weighted by Gasteiger charge is -2.07. The molecule has 1 aliphatic carbocycles.